The number of rotatable bonds is 5. The van der Waals surface area contributed by atoms with Crippen LogP contribution < -0.4 is 0 Å². The van der Waals surface area contributed by atoms with E-state index in [0.717, 1.165) is 11.4 Å². The van der Waals surface area contributed by atoms with Crippen molar-refractivity contribution in [2.75, 3.05) is 14.2 Å². The van der Waals surface area contributed by atoms with E-state index >= 15 is 0 Å². The summed E-state index contributed by atoms with van der Waals surface area (Å²) in [4.78, 5) is 23.1. The fourth-order valence-electron chi connectivity index (χ4n) is 0.951. The molecular formula is C11H13NO4Se. The van der Waals surface area contributed by atoms with E-state index in [4.69, 9.17) is 5.26 Å². The number of ether oxygens (including phenoxy) is 2. The molecule has 0 spiro atoms. The minimum absolute atomic E-state index is 0.0859. The van der Waals surface area contributed by atoms with E-state index in [1.165, 1.54) is 20.3 Å². The van der Waals surface area contributed by atoms with Crippen molar-refractivity contribution >= 4 is 26.9 Å². The standard InChI is InChI=1S/C11H13NO4Se/c1-4-17-9(11(14)16-3)8(6-5-7-12)10(13)15-2/h5-6H,4H2,1-3H3/b6-5+,9-8-. The van der Waals surface area contributed by atoms with Crippen LogP contribution >= 0.6 is 0 Å². The summed E-state index contributed by atoms with van der Waals surface area (Å²) in [6, 6.07) is 1.76. The number of carbonyl (C=O) groups excluding carboxylic acids is 2. The molecule has 0 rings (SSSR count). The van der Waals surface area contributed by atoms with Gasteiger partial charge in [0, 0.05) is 0 Å². The van der Waals surface area contributed by atoms with Crippen LogP contribution in [0.25, 0.3) is 0 Å². The zero-order valence-electron chi connectivity index (χ0n) is 9.85. The number of allylic oxidation sites excluding steroid dienone is 1. The first kappa shape index (κ1) is 15.4. The third-order valence-electron chi connectivity index (χ3n) is 1.63. The third kappa shape index (κ3) is 4.85. The van der Waals surface area contributed by atoms with Gasteiger partial charge in [0.15, 0.2) is 0 Å². The van der Waals surface area contributed by atoms with Crippen molar-refractivity contribution in [3.05, 3.63) is 22.2 Å². The van der Waals surface area contributed by atoms with Gasteiger partial charge < -0.3 is 0 Å². The summed E-state index contributed by atoms with van der Waals surface area (Å²) >= 11 is -0.198. The molecule has 5 nitrogen and oxygen atoms in total. The number of hydrogen-bond donors (Lipinski definition) is 0. The predicted octanol–water partition coefficient (Wildman–Crippen LogP) is 0.809. The molecule has 0 amide bonds. The Hall–Kier alpha value is -1.57. The normalized spacial score (nSPS) is 11.6. The molecule has 17 heavy (non-hydrogen) atoms. The van der Waals surface area contributed by atoms with Crippen LogP contribution in [0.3, 0.4) is 0 Å². The molecule has 0 saturated heterocycles. The van der Waals surface area contributed by atoms with Crippen molar-refractivity contribution in [3.8, 4) is 6.07 Å². The van der Waals surface area contributed by atoms with E-state index in [1.807, 2.05) is 6.92 Å². The molecule has 0 aliphatic rings. The molecule has 6 heteroatoms. The maximum atomic E-state index is 11.5. The van der Waals surface area contributed by atoms with Crippen molar-refractivity contribution in [2.24, 2.45) is 0 Å². The Bertz CT molecular complexity index is 393. The summed E-state index contributed by atoms with van der Waals surface area (Å²) < 4.78 is 9.47. The van der Waals surface area contributed by atoms with E-state index in [1.54, 1.807) is 6.07 Å². The fraction of sp³-hybridized carbons (Fsp3) is 0.364. The number of nitriles is 1. The van der Waals surface area contributed by atoms with Gasteiger partial charge in [-0.2, -0.15) is 0 Å². The van der Waals surface area contributed by atoms with Gasteiger partial charge in [-0.3, -0.25) is 0 Å². The summed E-state index contributed by atoms with van der Waals surface area (Å²) in [7, 11) is 2.47. The average molecular weight is 302 g/mol. The van der Waals surface area contributed by atoms with Gasteiger partial charge in [0.2, 0.25) is 0 Å². The van der Waals surface area contributed by atoms with Gasteiger partial charge in [-0.05, 0) is 0 Å². The van der Waals surface area contributed by atoms with E-state index in [-0.39, 0.29) is 25.0 Å². The van der Waals surface area contributed by atoms with Crippen molar-refractivity contribution in [3.63, 3.8) is 0 Å². The molecule has 0 fully saturated rings. The molecular weight excluding hydrogens is 289 g/mol. The molecule has 0 aliphatic heterocycles. The topological polar surface area (TPSA) is 76.4 Å². The van der Waals surface area contributed by atoms with Crippen LogP contribution in [0.4, 0.5) is 0 Å². The summed E-state index contributed by atoms with van der Waals surface area (Å²) in [5.74, 6) is -1.21. The van der Waals surface area contributed by atoms with E-state index in [9.17, 15) is 9.59 Å². The predicted molar refractivity (Wildman–Crippen MR) is 62.0 cm³/mol. The van der Waals surface area contributed by atoms with Crippen LogP contribution in [0.1, 0.15) is 6.92 Å². The van der Waals surface area contributed by atoms with Crippen LogP contribution in [0.2, 0.25) is 5.32 Å². The Kier molecular flexibility index (Phi) is 7.78. The second kappa shape index (κ2) is 8.57. The van der Waals surface area contributed by atoms with Crippen LogP contribution in [-0.4, -0.2) is 41.1 Å². The van der Waals surface area contributed by atoms with Gasteiger partial charge in [0.1, 0.15) is 0 Å². The Morgan fingerprint density at radius 1 is 1.29 bits per heavy atom. The maximum absolute atomic E-state index is 11.5. The van der Waals surface area contributed by atoms with Crippen molar-refractivity contribution < 1.29 is 19.1 Å². The van der Waals surface area contributed by atoms with Gasteiger partial charge in [-0.15, -0.1) is 0 Å². The molecule has 0 saturated carbocycles. The molecule has 0 aliphatic carbocycles. The zero-order valence-corrected chi connectivity index (χ0v) is 11.6. The summed E-state index contributed by atoms with van der Waals surface area (Å²) in [6.45, 7) is 1.89. The van der Waals surface area contributed by atoms with E-state index in [0.29, 0.717) is 0 Å². The van der Waals surface area contributed by atoms with Crippen LogP contribution in [0.5, 0.6) is 0 Å². The van der Waals surface area contributed by atoms with Crippen LogP contribution in [-0.2, 0) is 19.1 Å². The molecule has 0 atom stereocenters. The number of methoxy groups -OCH3 is 2. The molecule has 0 radical (unpaired) electrons. The number of carbonyl (C=O) groups is 2. The number of nitrogens with zero attached hydrogens (tertiary/aromatic N) is 1. The second-order valence-electron chi connectivity index (χ2n) is 2.62. The zero-order chi connectivity index (χ0) is 13.3. The Labute approximate surface area is 106 Å². The number of esters is 2. The Balaban J connectivity index is 5.55. The van der Waals surface area contributed by atoms with Gasteiger partial charge in [0.05, 0.1) is 0 Å². The Morgan fingerprint density at radius 2 is 1.88 bits per heavy atom. The van der Waals surface area contributed by atoms with Gasteiger partial charge >= 0.3 is 106 Å². The van der Waals surface area contributed by atoms with E-state index < -0.39 is 11.9 Å². The molecule has 0 aromatic carbocycles. The van der Waals surface area contributed by atoms with E-state index in [2.05, 4.69) is 9.47 Å². The first-order valence-electron chi connectivity index (χ1n) is 4.72. The summed E-state index contributed by atoms with van der Waals surface area (Å²) in [6.07, 6.45) is 2.40. The first-order valence-corrected chi connectivity index (χ1v) is 6.79. The fourth-order valence-corrected chi connectivity index (χ4v) is 2.62. The molecule has 0 N–H and O–H groups in total. The SMILES string of the molecule is CC[Se]/C(C(=O)OC)=C(/C=C/C#N)C(=O)OC. The van der Waals surface area contributed by atoms with Crippen LogP contribution in [0, 0.1) is 11.3 Å². The Morgan fingerprint density at radius 3 is 2.29 bits per heavy atom. The summed E-state index contributed by atoms with van der Waals surface area (Å²) in [5.41, 5.74) is 0.0859. The molecule has 92 valence electrons. The molecule has 0 bridgehead atoms. The van der Waals surface area contributed by atoms with Crippen molar-refractivity contribution in [2.45, 2.75) is 12.2 Å². The monoisotopic (exact) mass is 303 g/mol. The quantitative estimate of drug-likeness (QED) is 0.247. The summed E-state index contributed by atoms with van der Waals surface area (Å²) in [5, 5.41) is 9.19. The van der Waals surface area contributed by atoms with Crippen molar-refractivity contribution in [1.82, 2.24) is 0 Å². The first-order chi connectivity index (χ1) is 8.12. The third-order valence-corrected chi connectivity index (χ3v) is 3.66. The van der Waals surface area contributed by atoms with Crippen LogP contribution in [0.15, 0.2) is 22.2 Å². The van der Waals surface area contributed by atoms with Gasteiger partial charge in [-0.1, -0.05) is 0 Å². The minimum atomic E-state index is -0.646. The second-order valence-corrected chi connectivity index (χ2v) is 5.29. The molecule has 0 aromatic heterocycles. The number of hydrogen-bond acceptors (Lipinski definition) is 5. The van der Waals surface area contributed by atoms with Crippen molar-refractivity contribution in [1.29, 1.82) is 5.26 Å². The van der Waals surface area contributed by atoms with Gasteiger partial charge in [-0.25, -0.2) is 0 Å². The average Bonchev–Trinajstić information content (AvgIpc) is 2.36. The molecule has 0 heterocycles. The molecule has 0 unspecified atom stereocenters. The van der Waals surface area contributed by atoms with Gasteiger partial charge in [0.25, 0.3) is 0 Å². The molecule has 0 aromatic rings.